The van der Waals surface area contributed by atoms with Crippen LogP contribution in [0.15, 0.2) is 12.1 Å². The normalized spacial score (nSPS) is 34.7. The Morgan fingerprint density at radius 3 is 2.43 bits per heavy atom. The molecule has 0 radical (unpaired) electrons. The third kappa shape index (κ3) is 3.39. The van der Waals surface area contributed by atoms with Gasteiger partial charge in [-0.2, -0.15) is 4.39 Å². The van der Waals surface area contributed by atoms with Crippen LogP contribution in [-0.4, -0.2) is 24.4 Å². The lowest BCUT2D eigenvalue weighted by molar-refractivity contribution is -0.147. The van der Waals surface area contributed by atoms with Gasteiger partial charge in [0.2, 0.25) is 5.82 Å². The van der Waals surface area contributed by atoms with Gasteiger partial charge >= 0.3 is 0 Å². The van der Waals surface area contributed by atoms with Gasteiger partial charge in [0.05, 0.1) is 12.5 Å². The van der Waals surface area contributed by atoms with Gasteiger partial charge in [0, 0.05) is 5.56 Å². The second-order valence-electron chi connectivity index (χ2n) is 8.10. The zero-order chi connectivity index (χ0) is 20.7. The number of ether oxygens (including phenoxy) is 1. The molecule has 1 nitrogen and oxygen atoms in total. The maximum Gasteiger partial charge on any atom is 0.288 e. The lowest BCUT2D eigenvalue weighted by Gasteiger charge is -2.34. The van der Waals surface area contributed by atoms with E-state index >= 15 is 13.2 Å². The number of hydrogen-bond acceptors (Lipinski definition) is 1. The van der Waals surface area contributed by atoms with Gasteiger partial charge in [-0.05, 0) is 50.5 Å². The fourth-order valence-corrected chi connectivity index (χ4v) is 5.09. The lowest BCUT2D eigenvalue weighted by Crippen LogP contribution is -2.49. The molecular weight excluding hydrogens is 382 g/mol. The number of halogens is 6. The maximum absolute atomic E-state index is 15.5. The fraction of sp³-hybridized carbons (Fsp3) is 0.714. The van der Waals surface area contributed by atoms with Crippen molar-refractivity contribution in [2.75, 3.05) is 6.61 Å². The molecule has 0 N–H and O–H groups in total. The quantitative estimate of drug-likeness (QED) is 0.490. The molecule has 0 aliphatic heterocycles. The van der Waals surface area contributed by atoms with Crippen LogP contribution >= 0.6 is 0 Å². The highest BCUT2D eigenvalue weighted by molar-refractivity contribution is 5.35. The minimum atomic E-state index is -4.13. The molecule has 7 heteroatoms. The van der Waals surface area contributed by atoms with Crippen LogP contribution in [0.3, 0.4) is 0 Å². The van der Waals surface area contributed by atoms with Crippen LogP contribution in [0.25, 0.3) is 0 Å². The Morgan fingerprint density at radius 2 is 1.79 bits per heavy atom. The molecule has 2 aliphatic rings. The second-order valence-corrected chi connectivity index (χ2v) is 8.10. The maximum atomic E-state index is 15.5. The molecule has 158 valence electrons. The van der Waals surface area contributed by atoms with Crippen molar-refractivity contribution in [3.63, 3.8) is 0 Å². The van der Waals surface area contributed by atoms with Crippen LogP contribution in [0.5, 0.6) is 5.75 Å². The van der Waals surface area contributed by atoms with Crippen molar-refractivity contribution in [3.05, 3.63) is 29.3 Å². The molecule has 0 heterocycles. The van der Waals surface area contributed by atoms with Crippen LogP contribution in [0, 0.1) is 23.5 Å². The highest BCUT2D eigenvalue weighted by Crippen LogP contribution is 2.58. The van der Waals surface area contributed by atoms with Crippen LogP contribution in [-0.2, 0) is 0 Å². The highest BCUT2D eigenvalue weighted by atomic mass is 19.3. The summed E-state index contributed by atoms with van der Waals surface area (Å²) < 4.78 is 94.1. The first kappa shape index (κ1) is 21.3. The van der Waals surface area contributed by atoms with Crippen molar-refractivity contribution >= 4 is 0 Å². The monoisotopic (exact) mass is 408 g/mol. The van der Waals surface area contributed by atoms with Gasteiger partial charge in [-0.25, -0.2) is 22.0 Å². The van der Waals surface area contributed by atoms with Gasteiger partial charge in [0.25, 0.3) is 5.92 Å². The van der Waals surface area contributed by atoms with E-state index in [0.717, 1.165) is 18.6 Å². The zero-order valence-corrected chi connectivity index (χ0v) is 16.1. The number of hydrogen-bond donors (Lipinski definition) is 0. The Labute approximate surface area is 161 Å². The first-order chi connectivity index (χ1) is 13.2. The summed E-state index contributed by atoms with van der Waals surface area (Å²) >= 11 is 0. The molecule has 0 saturated heterocycles. The van der Waals surface area contributed by atoms with Gasteiger partial charge in [-0.15, -0.1) is 0 Å². The van der Waals surface area contributed by atoms with Crippen molar-refractivity contribution < 1.29 is 31.1 Å². The molecule has 5 unspecified atom stereocenters. The van der Waals surface area contributed by atoms with E-state index in [9.17, 15) is 13.2 Å². The minimum Gasteiger partial charge on any atom is -0.491 e. The van der Waals surface area contributed by atoms with E-state index in [1.165, 1.54) is 0 Å². The van der Waals surface area contributed by atoms with Crippen molar-refractivity contribution in [2.24, 2.45) is 11.8 Å². The van der Waals surface area contributed by atoms with Crippen molar-refractivity contribution in [2.45, 2.75) is 76.1 Å². The Hall–Kier alpha value is -1.40. The van der Waals surface area contributed by atoms with Gasteiger partial charge < -0.3 is 4.74 Å². The largest absolute Gasteiger partial charge is 0.491 e. The van der Waals surface area contributed by atoms with Crippen LogP contribution in [0.1, 0.15) is 63.9 Å². The van der Waals surface area contributed by atoms with Crippen LogP contribution < -0.4 is 4.74 Å². The Balaban J connectivity index is 1.95. The first-order valence-electron chi connectivity index (χ1n) is 9.98. The standard InChI is InChI=1S/C21H26F6O/c1-3-5-12-10-13-6-8-15(21(26,27)19(24)20(13,25)11-12)14-7-9-16(28-4-2)18(23)17(14)22/h7,9,12-13,15,19H,3-6,8,10-11H2,1-2H3. The molecule has 28 heavy (non-hydrogen) atoms. The van der Waals surface area contributed by atoms with E-state index in [-0.39, 0.29) is 31.8 Å². The van der Waals surface area contributed by atoms with Crippen molar-refractivity contribution in [3.8, 4) is 5.75 Å². The van der Waals surface area contributed by atoms with E-state index in [0.29, 0.717) is 12.8 Å². The fourth-order valence-electron chi connectivity index (χ4n) is 5.09. The minimum absolute atomic E-state index is 0.0195. The summed E-state index contributed by atoms with van der Waals surface area (Å²) in [4.78, 5) is 0. The molecule has 5 atom stereocenters. The topological polar surface area (TPSA) is 9.23 Å². The van der Waals surface area contributed by atoms with Gasteiger partial charge in [0.15, 0.2) is 23.4 Å². The Kier molecular flexibility index (Phi) is 5.93. The summed E-state index contributed by atoms with van der Waals surface area (Å²) in [5, 5.41) is 0. The first-order valence-corrected chi connectivity index (χ1v) is 9.98. The summed E-state index contributed by atoms with van der Waals surface area (Å²) in [6.07, 6.45) is -1.77. The molecule has 1 aromatic rings. The van der Waals surface area contributed by atoms with E-state index < -0.39 is 52.5 Å². The summed E-state index contributed by atoms with van der Waals surface area (Å²) in [6, 6.07) is 2.06. The SMILES string of the molecule is CCCC1CC2CCC(c3ccc(OCC)c(F)c3F)C(F)(F)C(F)C2(F)C1. The smallest absolute Gasteiger partial charge is 0.288 e. The average molecular weight is 408 g/mol. The molecule has 0 spiro atoms. The van der Waals surface area contributed by atoms with E-state index in [4.69, 9.17) is 4.74 Å². The molecule has 2 aliphatic carbocycles. The average Bonchev–Trinajstić information content (AvgIpc) is 2.93. The number of fused-ring (bicyclic) bond motifs is 1. The van der Waals surface area contributed by atoms with E-state index in [2.05, 4.69) is 0 Å². The number of rotatable bonds is 5. The molecule has 2 fully saturated rings. The van der Waals surface area contributed by atoms with Gasteiger partial charge in [-0.1, -0.05) is 25.8 Å². The van der Waals surface area contributed by atoms with E-state index in [1.54, 1.807) is 6.92 Å². The molecule has 1 aromatic carbocycles. The van der Waals surface area contributed by atoms with E-state index in [1.807, 2.05) is 6.92 Å². The van der Waals surface area contributed by atoms with Crippen LogP contribution in [0.4, 0.5) is 26.3 Å². The summed E-state index contributed by atoms with van der Waals surface area (Å²) in [7, 11) is 0. The summed E-state index contributed by atoms with van der Waals surface area (Å²) in [5.41, 5.74) is -3.25. The predicted molar refractivity (Wildman–Crippen MR) is 94.3 cm³/mol. The van der Waals surface area contributed by atoms with Crippen LogP contribution in [0.2, 0.25) is 0 Å². The molecular formula is C21H26F6O. The third-order valence-corrected chi connectivity index (χ3v) is 6.37. The van der Waals surface area contributed by atoms with Gasteiger partial charge in [-0.3, -0.25) is 0 Å². The molecule has 0 bridgehead atoms. The Morgan fingerprint density at radius 1 is 1.07 bits per heavy atom. The number of benzene rings is 1. The summed E-state index contributed by atoms with van der Waals surface area (Å²) in [5.74, 6) is -10.3. The molecule has 0 amide bonds. The zero-order valence-electron chi connectivity index (χ0n) is 16.1. The second kappa shape index (κ2) is 7.79. The van der Waals surface area contributed by atoms with Crippen molar-refractivity contribution in [1.82, 2.24) is 0 Å². The lowest BCUT2D eigenvalue weighted by atomic mass is 9.83. The molecule has 3 rings (SSSR count). The van der Waals surface area contributed by atoms with Gasteiger partial charge in [0.1, 0.15) is 0 Å². The third-order valence-electron chi connectivity index (χ3n) is 6.37. The Bertz CT molecular complexity index is 708. The summed E-state index contributed by atoms with van der Waals surface area (Å²) in [6.45, 7) is 3.57. The van der Waals surface area contributed by atoms with Crippen molar-refractivity contribution in [1.29, 1.82) is 0 Å². The highest BCUT2D eigenvalue weighted by Gasteiger charge is 2.66. The predicted octanol–water partition coefficient (Wildman–Crippen LogP) is 6.75. The number of alkyl halides is 4. The molecule has 0 aromatic heterocycles. The molecule has 2 saturated carbocycles.